The molecule has 1 aromatic rings. The van der Waals surface area contributed by atoms with Crippen LogP contribution in [0.1, 0.15) is 40.4 Å². The fraction of sp³-hybridized carbons (Fsp3) is 0.846. The van der Waals surface area contributed by atoms with E-state index in [0.29, 0.717) is 13.0 Å². The van der Waals surface area contributed by atoms with Gasteiger partial charge in [0.15, 0.2) is 0 Å². The van der Waals surface area contributed by atoms with Crippen molar-refractivity contribution in [2.45, 2.75) is 59.8 Å². The number of hydrogen-bond acceptors (Lipinski definition) is 4. The van der Waals surface area contributed by atoms with Gasteiger partial charge in [0.2, 0.25) is 0 Å². The molecule has 0 spiro atoms. The van der Waals surface area contributed by atoms with Crippen LogP contribution in [0.15, 0.2) is 6.33 Å². The summed E-state index contributed by atoms with van der Waals surface area (Å²) in [6.45, 7) is 11.5. The van der Waals surface area contributed by atoms with E-state index in [1.165, 1.54) is 6.33 Å². The standard InChI is InChI=1S/C13H25N3O2/c1-6-16-11(14-9-15-16)8-10(17)12(18-7-2)13(3,4)5/h9-10,12,17H,6-8H2,1-5H3. The number of aliphatic hydroxyl groups is 1. The van der Waals surface area contributed by atoms with Crippen molar-refractivity contribution in [2.75, 3.05) is 6.61 Å². The van der Waals surface area contributed by atoms with E-state index in [-0.39, 0.29) is 11.5 Å². The van der Waals surface area contributed by atoms with Crippen molar-refractivity contribution in [3.8, 4) is 0 Å². The molecule has 0 saturated carbocycles. The van der Waals surface area contributed by atoms with Gasteiger partial charge < -0.3 is 9.84 Å². The largest absolute Gasteiger partial charge is 0.390 e. The van der Waals surface area contributed by atoms with E-state index in [1.54, 1.807) is 4.68 Å². The first-order valence-corrected chi connectivity index (χ1v) is 6.56. The molecule has 0 saturated heterocycles. The Hall–Kier alpha value is -0.940. The molecule has 1 N–H and O–H groups in total. The number of rotatable bonds is 6. The van der Waals surface area contributed by atoms with E-state index in [2.05, 4.69) is 30.9 Å². The molecule has 0 radical (unpaired) electrons. The molecule has 18 heavy (non-hydrogen) atoms. The van der Waals surface area contributed by atoms with Gasteiger partial charge in [-0.1, -0.05) is 20.8 Å². The van der Waals surface area contributed by atoms with Gasteiger partial charge in [-0.3, -0.25) is 4.68 Å². The van der Waals surface area contributed by atoms with Crippen LogP contribution < -0.4 is 0 Å². The molecule has 0 fully saturated rings. The minimum atomic E-state index is -0.570. The lowest BCUT2D eigenvalue weighted by molar-refractivity contribution is -0.0881. The first kappa shape index (κ1) is 15.1. The summed E-state index contributed by atoms with van der Waals surface area (Å²) in [5.74, 6) is 0.805. The van der Waals surface area contributed by atoms with E-state index in [1.807, 2.05) is 13.8 Å². The van der Waals surface area contributed by atoms with Crippen LogP contribution in [-0.2, 0) is 17.7 Å². The van der Waals surface area contributed by atoms with Crippen LogP contribution in [0.5, 0.6) is 0 Å². The highest BCUT2D eigenvalue weighted by molar-refractivity contribution is 4.92. The zero-order valence-corrected chi connectivity index (χ0v) is 12.1. The highest BCUT2D eigenvalue weighted by atomic mass is 16.5. The Bertz CT molecular complexity index is 357. The van der Waals surface area contributed by atoms with Gasteiger partial charge in [0.1, 0.15) is 12.2 Å². The number of aliphatic hydroxyl groups excluding tert-OH is 1. The lowest BCUT2D eigenvalue weighted by Crippen LogP contribution is -2.41. The molecule has 0 aliphatic carbocycles. The summed E-state index contributed by atoms with van der Waals surface area (Å²) >= 11 is 0. The lowest BCUT2D eigenvalue weighted by atomic mass is 9.84. The van der Waals surface area contributed by atoms with Gasteiger partial charge in [-0.2, -0.15) is 5.10 Å². The predicted octanol–water partition coefficient (Wildman–Crippen LogP) is 1.65. The van der Waals surface area contributed by atoms with Crippen molar-refractivity contribution in [1.82, 2.24) is 14.8 Å². The van der Waals surface area contributed by atoms with Crippen molar-refractivity contribution >= 4 is 0 Å². The van der Waals surface area contributed by atoms with Crippen molar-refractivity contribution in [1.29, 1.82) is 0 Å². The van der Waals surface area contributed by atoms with Crippen LogP contribution in [0.4, 0.5) is 0 Å². The summed E-state index contributed by atoms with van der Waals surface area (Å²) < 4.78 is 7.48. The second-order valence-electron chi connectivity index (χ2n) is 5.51. The number of hydrogen-bond donors (Lipinski definition) is 1. The summed E-state index contributed by atoms with van der Waals surface area (Å²) in [7, 11) is 0. The smallest absolute Gasteiger partial charge is 0.138 e. The molecule has 104 valence electrons. The maximum atomic E-state index is 10.4. The third-order valence-electron chi connectivity index (χ3n) is 2.94. The molecule has 0 amide bonds. The van der Waals surface area contributed by atoms with Crippen molar-refractivity contribution in [3.63, 3.8) is 0 Å². The maximum Gasteiger partial charge on any atom is 0.138 e. The molecule has 2 unspecified atom stereocenters. The zero-order chi connectivity index (χ0) is 13.8. The van der Waals surface area contributed by atoms with Crippen LogP contribution >= 0.6 is 0 Å². The summed E-state index contributed by atoms with van der Waals surface area (Å²) in [5, 5.41) is 14.5. The van der Waals surface area contributed by atoms with Crippen molar-refractivity contribution in [2.24, 2.45) is 5.41 Å². The first-order valence-electron chi connectivity index (χ1n) is 6.56. The van der Waals surface area contributed by atoms with Crippen molar-refractivity contribution in [3.05, 3.63) is 12.2 Å². The average Bonchev–Trinajstić information content (AvgIpc) is 2.71. The van der Waals surface area contributed by atoms with E-state index in [9.17, 15) is 5.11 Å². The molecule has 2 atom stereocenters. The molecular formula is C13H25N3O2. The molecule has 0 bridgehead atoms. The fourth-order valence-corrected chi connectivity index (χ4v) is 2.12. The second kappa shape index (κ2) is 6.29. The number of aromatic nitrogens is 3. The Kier molecular flexibility index (Phi) is 5.28. The third-order valence-corrected chi connectivity index (χ3v) is 2.94. The molecule has 1 rings (SSSR count). The Balaban J connectivity index is 2.75. The van der Waals surface area contributed by atoms with E-state index < -0.39 is 6.10 Å². The number of ether oxygens (including phenoxy) is 1. The summed E-state index contributed by atoms with van der Waals surface area (Å²) in [6.07, 6.45) is 1.22. The van der Waals surface area contributed by atoms with Crippen LogP contribution in [0, 0.1) is 5.41 Å². The van der Waals surface area contributed by atoms with Crippen LogP contribution in [-0.4, -0.2) is 38.7 Å². The highest BCUT2D eigenvalue weighted by Crippen LogP contribution is 2.26. The Labute approximate surface area is 109 Å². The Morgan fingerprint density at radius 1 is 1.39 bits per heavy atom. The van der Waals surface area contributed by atoms with Gasteiger partial charge in [0.25, 0.3) is 0 Å². The van der Waals surface area contributed by atoms with Gasteiger partial charge in [0, 0.05) is 19.6 Å². The lowest BCUT2D eigenvalue weighted by Gasteiger charge is -2.34. The highest BCUT2D eigenvalue weighted by Gasteiger charge is 2.32. The molecule has 0 aliphatic rings. The summed E-state index contributed by atoms with van der Waals surface area (Å²) in [4.78, 5) is 4.19. The SMILES string of the molecule is CCOC(C(O)Cc1ncnn1CC)C(C)(C)C. The van der Waals surface area contributed by atoms with Crippen molar-refractivity contribution < 1.29 is 9.84 Å². The molecular weight excluding hydrogens is 230 g/mol. The van der Waals surface area contributed by atoms with Crippen LogP contribution in [0.2, 0.25) is 0 Å². The molecule has 1 aromatic heterocycles. The summed E-state index contributed by atoms with van der Waals surface area (Å²) in [6, 6.07) is 0. The van der Waals surface area contributed by atoms with Crippen LogP contribution in [0.3, 0.4) is 0 Å². The van der Waals surface area contributed by atoms with Gasteiger partial charge >= 0.3 is 0 Å². The third kappa shape index (κ3) is 3.78. The fourth-order valence-electron chi connectivity index (χ4n) is 2.12. The van der Waals surface area contributed by atoms with Crippen LogP contribution in [0.25, 0.3) is 0 Å². The molecule has 5 heteroatoms. The van der Waals surface area contributed by atoms with Gasteiger partial charge in [-0.05, 0) is 19.3 Å². The number of nitrogens with zero attached hydrogens (tertiary/aromatic N) is 3. The topological polar surface area (TPSA) is 60.2 Å². The second-order valence-corrected chi connectivity index (χ2v) is 5.51. The Morgan fingerprint density at radius 2 is 2.06 bits per heavy atom. The Morgan fingerprint density at radius 3 is 2.56 bits per heavy atom. The summed E-state index contributed by atoms with van der Waals surface area (Å²) in [5.41, 5.74) is -0.105. The minimum Gasteiger partial charge on any atom is -0.390 e. The number of aryl methyl sites for hydroxylation is 1. The maximum absolute atomic E-state index is 10.4. The van der Waals surface area contributed by atoms with E-state index >= 15 is 0 Å². The quantitative estimate of drug-likeness (QED) is 0.839. The first-order chi connectivity index (χ1) is 8.40. The van der Waals surface area contributed by atoms with Gasteiger partial charge in [-0.25, -0.2) is 4.98 Å². The van der Waals surface area contributed by atoms with Gasteiger partial charge in [0.05, 0.1) is 12.2 Å². The molecule has 0 aromatic carbocycles. The minimum absolute atomic E-state index is 0.105. The van der Waals surface area contributed by atoms with E-state index in [4.69, 9.17) is 4.74 Å². The predicted molar refractivity (Wildman–Crippen MR) is 70.3 cm³/mol. The monoisotopic (exact) mass is 255 g/mol. The van der Waals surface area contributed by atoms with E-state index in [0.717, 1.165) is 12.4 Å². The molecule has 1 heterocycles. The normalized spacial score (nSPS) is 15.7. The van der Waals surface area contributed by atoms with Gasteiger partial charge in [-0.15, -0.1) is 0 Å². The molecule has 0 aliphatic heterocycles. The average molecular weight is 255 g/mol. The molecule has 5 nitrogen and oxygen atoms in total. The zero-order valence-electron chi connectivity index (χ0n) is 12.1.